The van der Waals surface area contributed by atoms with Crippen LogP contribution in [0.2, 0.25) is 0 Å². The summed E-state index contributed by atoms with van der Waals surface area (Å²) in [6.45, 7) is 8.94. The summed E-state index contributed by atoms with van der Waals surface area (Å²) in [4.78, 5) is 27.4. The molecule has 28 heavy (non-hydrogen) atoms. The molecule has 0 spiro atoms. The van der Waals surface area contributed by atoms with Crippen molar-refractivity contribution in [2.24, 2.45) is 11.8 Å². The molecule has 0 radical (unpaired) electrons. The van der Waals surface area contributed by atoms with Crippen LogP contribution in [0, 0.1) is 18.8 Å². The van der Waals surface area contributed by atoms with E-state index in [-0.39, 0.29) is 30.3 Å². The van der Waals surface area contributed by atoms with E-state index in [1.165, 1.54) is 6.42 Å². The summed E-state index contributed by atoms with van der Waals surface area (Å²) in [5.41, 5.74) is 2.38. The average Bonchev–Trinajstić information content (AvgIpc) is 2.63. The first-order valence-electron chi connectivity index (χ1n) is 9.93. The molecule has 1 aromatic carbocycles. The summed E-state index contributed by atoms with van der Waals surface area (Å²) in [7, 11) is 0. The van der Waals surface area contributed by atoms with E-state index >= 15 is 0 Å². The van der Waals surface area contributed by atoms with Crippen LogP contribution in [0.3, 0.4) is 0 Å². The molecule has 3 atom stereocenters. The molecule has 2 fully saturated rings. The fraction of sp³-hybridized carbons (Fsp3) is 0.619. The molecule has 1 aromatic rings. The number of carbonyl (C=O) groups is 2. The molecule has 2 N–H and O–H groups in total. The molecule has 5 nitrogen and oxygen atoms in total. The number of amides is 2. The Hall–Kier alpha value is -1.24. The highest BCUT2D eigenvalue weighted by molar-refractivity contribution is 7.99. The minimum Gasteiger partial charge on any atom is -0.338 e. The number of likely N-dealkylation sites (tertiary alicyclic amines) is 1. The molecule has 2 amide bonds. The Morgan fingerprint density at radius 1 is 1.25 bits per heavy atom. The number of piperidine rings is 1. The van der Waals surface area contributed by atoms with E-state index in [0.29, 0.717) is 23.8 Å². The molecular formula is C21H32ClN3O2S. The Balaban J connectivity index is 0.00000280. The van der Waals surface area contributed by atoms with E-state index in [4.69, 9.17) is 0 Å². The summed E-state index contributed by atoms with van der Waals surface area (Å²) in [5.74, 6) is 3.20. The van der Waals surface area contributed by atoms with E-state index in [1.54, 1.807) is 0 Å². The third-order valence-corrected chi connectivity index (χ3v) is 6.48. The van der Waals surface area contributed by atoms with Gasteiger partial charge in [0.2, 0.25) is 5.91 Å². The third kappa shape index (κ3) is 6.13. The first-order valence-corrected chi connectivity index (χ1v) is 11.1. The predicted molar refractivity (Wildman–Crippen MR) is 120 cm³/mol. The molecule has 0 bridgehead atoms. The van der Waals surface area contributed by atoms with Gasteiger partial charge in [-0.1, -0.05) is 19.9 Å². The van der Waals surface area contributed by atoms with Crippen molar-refractivity contribution in [1.29, 1.82) is 0 Å². The zero-order valence-corrected chi connectivity index (χ0v) is 18.6. The standard InChI is InChI=1S/C21H31N3O2S.ClH/c1-14-8-15(2)12-24(11-14)21(26)17-5-4-16(3)19(9-17)23-20(25)10-18-13-27-7-6-22-18;/h4-5,9,14-15,18,22H,6-8,10-13H2,1-3H3,(H,23,25);1H. The number of nitrogens with zero attached hydrogens (tertiary/aromatic N) is 1. The topological polar surface area (TPSA) is 61.4 Å². The molecule has 0 aromatic heterocycles. The van der Waals surface area contributed by atoms with Gasteiger partial charge in [-0.05, 0) is 42.9 Å². The van der Waals surface area contributed by atoms with Crippen molar-refractivity contribution in [3.8, 4) is 0 Å². The third-order valence-electron chi connectivity index (χ3n) is 5.34. The van der Waals surface area contributed by atoms with Crippen molar-refractivity contribution in [3.05, 3.63) is 29.3 Å². The maximum atomic E-state index is 13.0. The van der Waals surface area contributed by atoms with Gasteiger partial charge in [0.1, 0.15) is 0 Å². The number of rotatable bonds is 4. The Morgan fingerprint density at radius 3 is 2.61 bits per heavy atom. The molecule has 2 saturated heterocycles. The molecule has 7 heteroatoms. The summed E-state index contributed by atoms with van der Waals surface area (Å²) in [6.07, 6.45) is 1.64. The molecule has 0 aliphatic carbocycles. The van der Waals surface area contributed by atoms with E-state index < -0.39 is 0 Å². The zero-order chi connectivity index (χ0) is 19.4. The van der Waals surface area contributed by atoms with Crippen LogP contribution in [-0.2, 0) is 4.79 Å². The van der Waals surface area contributed by atoms with E-state index in [1.807, 2.05) is 41.8 Å². The van der Waals surface area contributed by atoms with Crippen LogP contribution >= 0.6 is 24.2 Å². The zero-order valence-electron chi connectivity index (χ0n) is 17.0. The fourth-order valence-electron chi connectivity index (χ4n) is 4.08. The molecule has 3 unspecified atom stereocenters. The van der Waals surface area contributed by atoms with Crippen LogP contribution in [0.5, 0.6) is 0 Å². The number of anilines is 1. The number of thioether (sulfide) groups is 1. The maximum absolute atomic E-state index is 13.0. The number of aryl methyl sites for hydroxylation is 1. The van der Waals surface area contributed by atoms with Gasteiger partial charge in [-0.15, -0.1) is 12.4 Å². The van der Waals surface area contributed by atoms with Gasteiger partial charge in [-0.2, -0.15) is 11.8 Å². The lowest BCUT2D eigenvalue weighted by Gasteiger charge is -2.35. The number of hydrogen-bond acceptors (Lipinski definition) is 4. The number of hydrogen-bond donors (Lipinski definition) is 2. The van der Waals surface area contributed by atoms with Gasteiger partial charge in [0.15, 0.2) is 0 Å². The second-order valence-corrected chi connectivity index (χ2v) is 9.31. The highest BCUT2D eigenvalue weighted by atomic mass is 35.5. The van der Waals surface area contributed by atoms with Gasteiger partial charge in [0.25, 0.3) is 5.91 Å². The van der Waals surface area contributed by atoms with Gasteiger partial charge in [-0.3, -0.25) is 9.59 Å². The molecule has 2 aliphatic rings. The first-order chi connectivity index (χ1) is 12.9. The quantitative estimate of drug-likeness (QED) is 0.774. The second-order valence-electron chi connectivity index (χ2n) is 8.16. The van der Waals surface area contributed by atoms with E-state index in [9.17, 15) is 9.59 Å². The van der Waals surface area contributed by atoms with Gasteiger partial charge in [0, 0.05) is 54.9 Å². The number of benzene rings is 1. The molecule has 2 heterocycles. The van der Waals surface area contributed by atoms with Crippen LogP contribution < -0.4 is 10.6 Å². The van der Waals surface area contributed by atoms with Gasteiger partial charge >= 0.3 is 0 Å². The van der Waals surface area contributed by atoms with E-state index in [0.717, 1.165) is 42.4 Å². The van der Waals surface area contributed by atoms with Gasteiger partial charge in [0.05, 0.1) is 0 Å². The van der Waals surface area contributed by atoms with Crippen molar-refractivity contribution in [2.75, 3.05) is 36.5 Å². The largest absolute Gasteiger partial charge is 0.338 e. The van der Waals surface area contributed by atoms with Crippen LogP contribution in [0.1, 0.15) is 42.6 Å². The maximum Gasteiger partial charge on any atom is 0.253 e. The lowest BCUT2D eigenvalue weighted by molar-refractivity contribution is -0.116. The molecule has 2 aliphatic heterocycles. The summed E-state index contributed by atoms with van der Waals surface area (Å²) in [6, 6.07) is 5.86. The monoisotopic (exact) mass is 425 g/mol. The number of carbonyl (C=O) groups excluding carboxylic acids is 2. The Morgan fingerprint density at radius 2 is 1.96 bits per heavy atom. The lowest BCUT2D eigenvalue weighted by atomic mass is 9.91. The SMILES string of the molecule is Cc1ccc(C(=O)N2CC(C)CC(C)C2)cc1NC(=O)CC1CSCCN1.Cl. The highest BCUT2D eigenvalue weighted by Gasteiger charge is 2.26. The van der Waals surface area contributed by atoms with E-state index in [2.05, 4.69) is 24.5 Å². The van der Waals surface area contributed by atoms with Crippen molar-refractivity contribution in [1.82, 2.24) is 10.2 Å². The first kappa shape index (κ1) is 23.0. The minimum absolute atomic E-state index is 0. The summed E-state index contributed by atoms with van der Waals surface area (Å²) < 4.78 is 0. The smallest absolute Gasteiger partial charge is 0.253 e. The van der Waals surface area contributed by atoms with Crippen molar-refractivity contribution in [3.63, 3.8) is 0 Å². The average molecular weight is 426 g/mol. The van der Waals surface area contributed by atoms with Crippen molar-refractivity contribution < 1.29 is 9.59 Å². The van der Waals surface area contributed by atoms with Crippen LogP contribution in [0.4, 0.5) is 5.69 Å². The molecule has 156 valence electrons. The normalized spacial score (nSPS) is 25.0. The lowest BCUT2D eigenvalue weighted by Crippen LogP contribution is -2.42. The summed E-state index contributed by atoms with van der Waals surface area (Å²) >= 11 is 1.88. The summed E-state index contributed by atoms with van der Waals surface area (Å²) in [5, 5.41) is 6.40. The molecular weight excluding hydrogens is 394 g/mol. The van der Waals surface area contributed by atoms with Crippen molar-refractivity contribution >= 4 is 41.7 Å². The molecule has 3 rings (SSSR count). The predicted octanol–water partition coefficient (Wildman–Crippen LogP) is 3.57. The van der Waals surface area contributed by atoms with Crippen LogP contribution in [-0.4, -0.2) is 53.9 Å². The van der Waals surface area contributed by atoms with Crippen molar-refractivity contribution in [2.45, 2.75) is 39.7 Å². The Kier molecular flexibility index (Phi) is 8.65. The minimum atomic E-state index is 0. The number of halogens is 1. The fourth-order valence-corrected chi connectivity index (χ4v) is 5.03. The van der Waals surface area contributed by atoms with Crippen LogP contribution in [0.25, 0.3) is 0 Å². The van der Waals surface area contributed by atoms with Gasteiger partial charge < -0.3 is 15.5 Å². The highest BCUT2D eigenvalue weighted by Crippen LogP contribution is 2.24. The number of nitrogens with one attached hydrogen (secondary N) is 2. The second kappa shape index (κ2) is 10.5. The van der Waals surface area contributed by atoms with Gasteiger partial charge in [-0.25, -0.2) is 0 Å². The molecule has 0 saturated carbocycles. The van der Waals surface area contributed by atoms with Crippen LogP contribution in [0.15, 0.2) is 18.2 Å². The Labute approximate surface area is 178 Å². The Bertz CT molecular complexity index is 684.